The molecule has 0 radical (unpaired) electrons. The second-order valence-corrected chi connectivity index (χ2v) is 12.9. The van der Waals surface area contributed by atoms with Crippen molar-refractivity contribution in [2.24, 2.45) is 0 Å². The van der Waals surface area contributed by atoms with E-state index in [9.17, 15) is 0 Å². The SMILES string of the molecule is CC1(C)c2cc(C(Cc3ccccc3)c3ccccc3)cc3c2-c2c1c1ccccc1c1cccc(c21)C3(C)C. The number of rotatable bonds is 4. The molecule has 40 heavy (non-hydrogen) atoms. The van der Waals surface area contributed by atoms with Gasteiger partial charge in [0.2, 0.25) is 0 Å². The van der Waals surface area contributed by atoms with E-state index in [-0.39, 0.29) is 16.7 Å². The molecule has 0 nitrogen and oxygen atoms in total. The van der Waals surface area contributed by atoms with Crippen molar-refractivity contribution in [2.75, 3.05) is 0 Å². The average molecular weight is 515 g/mol. The highest BCUT2D eigenvalue weighted by Gasteiger charge is 2.46. The lowest BCUT2D eigenvalue weighted by Crippen LogP contribution is -2.24. The molecule has 0 spiro atoms. The highest BCUT2D eigenvalue weighted by atomic mass is 14.5. The number of fused-ring (bicyclic) bond motifs is 3. The molecule has 8 rings (SSSR count). The van der Waals surface area contributed by atoms with Crippen LogP contribution in [0.15, 0.2) is 115 Å². The van der Waals surface area contributed by atoms with Gasteiger partial charge in [0, 0.05) is 16.7 Å². The van der Waals surface area contributed by atoms with Crippen molar-refractivity contribution in [2.45, 2.75) is 50.9 Å². The average Bonchev–Trinajstić information content (AvgIpc) is 3.22. The van der Waals surface area contributed by atoms with Crippen molar-refractivity contribution >= 4 is 21.5 Å². The summed E-state index contributed by atoms with van der Waals surface area (Å²) in [5.74, 6) is 0.286. The van der Waals surface area contributed by atoms with E-state index in [4.69, 9.17) is 0 Å². The Morgan fingerprint density at radius 3 is 1.82 bits per heavy atom. The predicted octanol–water partition coefficient (Wildman–Crippen LogP) is 10.3. The zero-order valence-electron chi connectivity index (χ0n) is 23.8. The van der Waals surface area contributed by atoms with E-state index >= 15 is 0 Å². The Bertz CT molecular complexity index is 1960. The van der Waals surface area contributed by atoms with Gasteiger partial charge < -0.3 is 0 Å². The van der Waals surface area contributed by atoms with Crippen LogP contribution in [-0.4, -0.2) is 0 Å². The quantitative estimate of drug-likeness (QED) is 0.205. The van der Waals surface area contributed by atoms with Crippen LogP contribution < -0.4 is 0 Å². The molecular weight excluding hydrogens is 480 g/mol. The molecule has 0 aliphatic heterocycles. The van der Waals surface area contributed by atoms with E-state index in [1.54, 1.807) is 0 Å². The number of hydrogen-bond donors (Lipinski definition) is 0. The Hall–Kier alpha value is -4.16. The summed E-state index contributed by atoms with van der Waals surface area (Å²) >= 11 is 0. The Labute approximate surface area is 237 Å². The minimum Gasteiger partial charge on any atom is -0.0622 e. The molecule has 0 aromatic heterocycles. The monoisotopic (exact) mass is 514 g/mol. The topological polar surface area (TPSA) is 0 Å². The largest absolute Gasteiger partial charge is 0.0622 e. The maximum Gasteiger partial charge on any atom is 0.0165 e. The first-order chi connectivity index (χ1) is 19.4. The van der Waals surface area contributed by atoms with Crippen LogP contribution in [0.25, 0.3) is 32.7 Å². The fourth-order valence-corrected chi connectivity index (χ4v) is 8.03. The van der Waals surface area contributed by atoms with Gasteiger partial charge in [0.15, 0.2) is 0 Å². The lowest BCUT2D eigenvalue weighted by atomic mass is 9.67. The molecule has 0 bridgehead atoms. The van der Waals surface area contributed by atoms with Crippen LogP contribution >= 0.6 is 0 Å². The van der Waals surface area contributed by atoms with Crippen molar-refractivity contribution in [3.05, 3.63) is 154 Å². The van der Waals surface area contributed by atoms with Gasteiger partial charge in [-0.25, -0.2) is 0 Å². The summed E-state index contributed by atoms with van der Waals surface area (Å²) in [6.07, 6.45) is 0.987. The summed E-state index contributed by atoms with van der Waals surface area (Å²) < 4.78 is 0. The van der Waals surface area contributed by atoms with Crippen molar-refractivity contribution in [1.29, 1.82) is 0 Å². The summed E-state index contributed by atoms with van der Waals surface area (Å²) in [6, 6.07) is 43.4. The second kappa shape index (κ2) is 8.18. The van der Waals surface area contributed by atoms with Crippen LogP contribution in [0.4, 0.5) is 0 Å². The van der Waals surface area contributed by atoms with Crippen LogP contribution in [0.2, 0.25) is 0 Å². The Morgan fingerprint density at radius 1 is 0.500 bits per heavy atom. The molecule has 0 fully saturated rings. The van der Waals surface area contributed by atoms with E-state index in [0.717, 1.165) is 6.42 Å². The molecule has 1 unspecified atom stereocenters. The molecule has 0 saturated heterocycles. The second-order valence-electron chi connectivity index (χ2n) is 12.9. The first-order valence-corrected chi connectivity index (χ1v) is 14.6. The van der Waals surface area contributed by atoms with Crippen molar-refractivity contribution in [3.8, 4) is 11.1 Å². The zero-order chi connectivity index (χ0) is 27.2. The third-order valence-electron chi connectivity index (χ3n) is 9.99. The van der Waals surface area contributed by atoms with Gasteiger partial charge in [-0.2, -0.15) is 0 Å². The summed E-state index contributed by atoms with van der Waals surface area (Å²) in [4.78, 5) is 0. The van der Waals surface area contributed by atoms with Gasteiger partial charge in [-0.3, -0.25) is 0 Å². The summed E-state index contributed by atoms with van der Waals surface area (Å²) in [5, 5.41) is 5.64. The van der Waals surface area contributed by atoms with Gasteiger partial charge in [0.1, 0.15) is 0 Å². The predicted molar refractivity (Wildman–Crippen MR) is 170 cm³/mol. The number of benzene rings is 6. The molecule has 0 heterocycles. The fourth-order valence-electron chi connectivity index (χ4n) is 8.03. The van der Waals surface area contributed by atoms with Gasteiger partial charge >= 0.3 is 0 Å². The summed E-state index contributed by atoms with van der Waals surface area (Å²) in [5.41, 5.74) is 12.9. The van der Waals surface area contributed by atoms with E-state index in [1.165, 1.54) is 71.6 Å². The number of hydrogen-bond acceptors (Lipinski definition) is 0. The molecule has 2 aliphatic rings. The summed E-state index contributed by atoms with van der Waals surface area (Å²) in [7, 11) is 0. The molecule has 0 saturated carbocycles. The van der Waals surface area contributed by atoms with Crippen LogP contribution in [0.5, 0.6) is 0 Å². The maximum absolute atomic E-state index is 2.57. The minimum absolute atomic E-state index is 0.0925. The smallest absolute Gasteiger partial charge is 0.0165 e. The van der Waals surface area contributed by atoms with Crippen LogP contribution in [0.1, 0.15) is 72.6 Å². The van der Waals surface area contributed by atoms with E-state index < -0.39 is 0 Å². The highest BCUT2D eigenvalue weighted by Crippen LogP contribution is 2.62. The van der Waals surface area contributed by atoms with Crippen molar-refractivity contribution in [3.63, 3.8) is 0 Å². The molecule has 6 aromatic carbocycles. The first kappa shape index (κ1) is 23.7. The fraction of sp³-hybridized carbons (Fsp3) is 0.200. The van der Waals surface area contributed by atoms with Gasteiger partial charge in [0.05, 0.1) is 0 Å². The van der Waals surface area contributed by atoms with E-state index in [0.29, 0.717) is 0 Å². The molecule has 1 atom stereocenters. The standard InChI is InChI=1S/C40H34/c1-39(2)32-21-13-20-29-28-18-11-12-19-30(28)38-37(35(29)32)36-33(39)23-27(24-34(36)40(38,3)4)31(26-16-9-6-10-17-26)22-25-14-7-5-8-15-25/h5-21,23-24,31H,22H2,1-4H3. The third kappa shape index (κ3) is 3.08. The lowest BCUT2D eigenvalue weighted by molar-refractivity contribution is 0.635. The van der Waals surface area contributed by atoms with Crippen molar-refractivity contribution in [1.82, 2.24) is 0 Å². The van der Waals surface area contributed by atoms with Gasteiger partial charge in [-0.05, 0) is 78.0 Å². The molecule has 0 N–H and O–H groups in total. The lowest BCUT2D eigenvalue weighted by Gasteiger charge is -2.36. The van der Waals surface area contributed by atoms with Crippen LogP contribution in [0, 0.1) is 0 Å². The van der Waals surface area contributed by atoms with E-state index in [2.05, 4.69) is 143 Å². The molecule has 6 aromatic rings. The molecule has 0 amide bonds. The van der Waals surface area contributed by atoms with Gasteiger partial charge in [-0.1, -0.05) is 143 Å². The normalized spacial score (nSPS) is 16.4. The first-order valence-electron chi connectivity index (χ1n) is 14.6. The third-order valence-corrected chi connectivity index (χ3v) is 9.99. The Morgan fingerprint density at radius 2 is 1.10 bits per heavy atom. The highest BCUT2D eigenvalue weighted by molar-refractivity contribution is 6.21. The zero-order valence-corrected chi connectivity index (χ0v) is 23.8. The Balaban J connectivity index is 1.47. The molecular formula is C40H34. The van der Waals surface area contributed by atoms with Crippen LogP contribution in [-0.2, 0) is 17.3 Å². The molecule has 2 aliphatic carbocycles. The van der Waals surface area contributed by atoms with Gasteiger partial charge in [0.25, 0.3) is 0 Å². The van der Waals surface area contributed by atoms with Crippen LogP contribution in [0.3, 0.4) is 0 Å². The Kier molecular flexibility index (Phi) is 4.85. The van der Waals surface area contributed by atoms with Crippen molar-refractivity contribution < 1.29 is 0 Å². The van der Waals surface area contributed by atoms with E-state index in [1.807, 2.05) is 0 Å². The maximum atomic E-state index is 2.57. The molecule has 194 valence electrons. The minimum atomic E-state index is -0.0965. The molecule has 0 heteroatoms. The van der Waals surface area contributed by atoms with Gasteiger partial charge in [-0.15, -0.1) is 0 Å². The summed E-state index contributed by atoms with van der Waals surface area (Å²) in [6.45, 7) is 9.80.